The first kappa shape index (κ1) is 12.3. The summed E-state index contributed by atoms with van der Waals surface area (Å²) in [6, 6.07) is 0. The van der Waals surface area contributed by atoms with Gasteiger partial charge in [0, 0.05) is 5.75 Å². The van der Waals surface area contributed by atoms with Crippen molar-refractivity contribution in [1.82, 2.24) is 0 Å². The van der Waals surface area contributed by atoms with Gasteiger partial charge in [-0.3, -0.25) is 0 Å². The molecule has 0 aromatic rings. The zero-order valence-electron chi connectivity index (χ0n) is 8.22. The Labute approximate surface area is 81.2 Å². The van der Waals surface area contributed by atoms with Crippen LogP contribution in [-0.2, 0) is 0 Å². The normalized spacial score (nSPS) is 10.5. The van der Waals surface area contributed by atoms with Gasteiger partial charge in [0.2, 0.25) is 0 Å². The predicted octanol–water partition coefficient (Wildman–Crippen LogP) is 4.33. The number of hydrogen-bond donors (Lipinski definition) is 1. The van der Waals surface area contributed by atoms with Crippen LogP contribution in [0.5, 0.6) is 0 Å². The minimum atomic E-state index is 0.912. The summed E-state index contributed by atoms with van der Waals surface area (Å²) in [5, 5.41) is 0. The maximum Gasteiger partial charge on any atom is 0.0195 e. The minimum Gasteiger partial charge on any atom is -0.330 e. The summed E-state index contributed by atoms with van der Waals surface area (Å²) < 4.78 is 8.46. The third-order valence-corrected chi connectivity index (χ3v) is 2.56. The Morgan fingerprint density at radius 1 is 0.833 bits per heavy atom. The Bertz CT molecular complexity index is 66.2. The molecule has 0 atom stereocenters. The number of hydrogen-bond acceptors (Lipinski definition) is 2. The van der Waals surface area contributed by atoms with E-state index in [4.69, 9.17) is 4.55 Å². The molecule has 0 fully saturated rings. The zero-order valence-corrected chi connectivity index (χ0v) is 9.04. The van der Waals surface area contributed by atoms with Crippen LogP contribution in [0.3, 0.4) is 0 Å². The van der Waals surface area contributed by atoms with Gasteiger partial charge in [-0.1, -0.05) is 51.9 Å². The molecule has 0 aliphatic carbocycles. The van der Waals surface area contributed by atoms with Gasteiger partial charge in [0.05, 0.1) is 0 Å². The van der Waals surface area contributed by atoms with E-state index in [0.29, 0.717) is 0 Å². The summed E-state index contributed by atoms with van der Waals surface area (Å²) in [6.07, 6.45) is 10.7. The average Bonchev–Trinajstić information content (AvgIpc) is 2.10. The van der Waals surface area contributed by atoms with Crippen molar-refractivity contribution in [2.75, 3.05) is 5.75 Å². The van der Waals surface area contributed by atoms with Crippen LogP contribution in [0.2, 0.25) is 0 Å². The molecule has 0 aromatic heterocycles. The topological polar surface area (TPSA) is 20.2 Å². The second-order valence-electron chi connectivity index (χ2n) is 3.31. The van der Waals surface area contributed by atoms with Gasteiger partial charge in [0.15, 0.2) is 0 Å². The van der Waals surface area contributed by atoms with Gasteiger partial charge in [-0.05, 0) is 18.5 Å². The summed E-state index contributed by atoms with van der Waals surface area (Å²) >= 11 is 0.974. The molecular formula is C10H22OS. The molecule has 12 heavy (non-hydrogen) atoms. The van der Waals surface area contributed by atoms with Gasteiger partial charge >= 0.3 is 0 Å². The van der Waals surface area contributed by atoms with Gasteiger partial charge < -0.3 is 4.55 Å². The van der Waals surface area contributed by atoms with Crippen LogP contribution in [0.15, 0.2) is 0 Å². The molecule has 0 spiro atoms. The van der Waals surface area contributed by atoms with Crippen molar-refractivity contribution < 1.29 is 4.55 Å². The lowest BCUT2D eigenvalue weighted by Gasteiger charge is -1.99. The van der Waals surface area contributed by atoms with Gasteiger partial charge in [-0.2, -0.15) is 0 Å². The van der Waals surface area contributed by atoms with Crippen molar-refractivity contribution >= 4 is 12.0 Å². The summed E-state index contributed by atoms with van der Waals surface area (Å²) in [5.74, 6) is 0.912. The molecule has 0 aliphatic rings. The van der Waals surface area contributed by atoms with Crippen molar-refractivity contribution in [2.24, 2.45) is 0 Å². The van der Waals surface area contributed by atoms with E-state index in [2.05, 4.69) is 6.92 Å². The number of unbranched alkanes of at least 4 members (excludes halogenated alkanes) is 7. The first-order valence-corrected chi connectivity index (χ1v) is 6.12. The molecule has 0 saturated carbocycles. The minimum absolute atomic E-state index is 0.912. The molecule has 0 aliphatic heterocycles. The monoisotopic (exact) mass is 190 g/mol. The van der Waals surface area contributed by atoms with Crippen LogP contribution in [0.4, 0.5) is 0 Å². The van der Waals surface area contributed by atoms with E-state index < -0.39 is 0 Å². The molecule has 2 heteroatoms. The zero-order chi connectivity index (χ0) is 9.07. The Kier molecular flexibility index (Phi) is 11.6. The fourth-order valence-corrected chi connectivity index (χ4v) is 1.63. The molecule has 0 heterocycles. The van der Waals surface area contributed by atoms with Gasteiger partial charge in [-0.25, -0.2) is 0 Å². The molecule has 1 nitrogen and oxygen atoms in total. The molecular weight excluding hydrogens is 168 g/mol. The van der Waals surface area contributed by atoms with Crippen LogP contribution >= 0.6 is 12.0 Å². The lowest BCUT2D eigenvalue weighted by atomic mass is 10.1. The van der Waals surface area contributed by atoms with Crippen molar-refractivity contribution in [2.45, 2.75) is 58.3 Å². The van der Waals surface area contributed by atoms with E-state index in [0.717, 1.165) is 17.8 Å². The molecule has 0 radical (unpaired) electrons. The highest BCUT2D eigenvalue weighted by molar-refractivity contribution is 7.93. The lowest BCUT2D eigenvalue weighted by Crippen LogP contribution is -1.82. The molecule has 0 bridgehead atoms. The summed E-state index contributed by atoms with van der Waals surface area (Å²) in [6.45, 7) is 2.25. The van der Waals surface area contributed by atoms with Crippen molar-refractivity contribution in [3.8, 4) is 0 Å². The van der Waals surface area contributed by atoms with Gasteiger partial charge in [-0.15, -0.1) is 0 Å². The van der Waals surface area contributed by atoms with Crippen molar-refractivity contribution in [3.63, 3.8) is 0 Å². The molecule has 74 valence electrons. The highest BCUT2D eigenvalue weighted by atomic mass is 32.2. The Hall–Kier alpha value is 0.310. The Morgan fingerprint density at radius 3 is 1.83 bits per heavy atom. The van der Waals surface area contributed by atoms with E-state index in [-0.39, 0.29) is 0 Å². The van der Waals surface area contributed by atoms with Crippen LogP contribution in [0.25, 0.3) is 0 Å². The average molecular weight is 190 g/mol. The molecule has 1 N–H and O–H groups in total. The fourth-order valence-electron chi connectivity index (χ4n) is 1.30. The first-order chi connectivity index (χ1) is 5.91. The first-order valence-electron chi connectivity index (χ1n) is 5.18. The van der Waals surface area contributed by atoms with E-state index >= 15 is 0 Å². The van der Waals surface area contributed by atoms with E-state index in [1.54, 1.807) is 0 Å². The maximum atomic E-state index is 8.46. The fraction of sp³-hybridized carbons (Fsp3) is 1.00. The summed E-state index contributed by atoms with van der Waals surface area (Å²) in [4.78, 5) is 0. The maximum absolute atomic E-state index is 8.46. The highest BCUT2D eigenvalue weighted by Gasteiger charge is 1.90. The SMILES string of the molecule is CCCCCCCCCCSO. The smallest absolute Gasteiger partial charge is 0.0195 e. The van der Waals surface area contributed by atoms with Crippen LogP contribution < -0.4 is 0 Å². The van der Waals surface area contributed by atoms with E-state index in [1.807, 2.05) is 0 Å². The summed E-state index contributed by atoms with van der Waals surface area (Å²) in [5.41, 5.74) is 0. The lowest BCUT2D eigenvalue weighted by molar-refractivity contribution is 0.583. The largest absolute Gasteiger partial charge is 0.330 e. The molecule has 0 saturated heterocycles. The standard InChI is InChI=1S/C10H22OS/c1-2-3-4-5-6-7-8-9-10-12-11/h11H,2-10H2,1H3. The Morgan fingerprint density at radius 2 is 1.33 bits per heavy atom. The van der Waals surface area contributed by atoms with Crippen LogP contribution in [0.1, 0.15) is 58.3 Å². The second-order valence-corrected chi connectivity index (χ2v) is 3.97. The van der Waals surface area contributed by atoms with Gasteiger partial charge in [0.1, 0.15) is 0 Å². The molecule has 0 unspecified atom stereocenters. The second kappa shape index (κ2) is 11.3. The third-order valence-electron chi connectivity index (χ3n) is 2.09. The third kappa shape index (κ3) is 10.3. The highest BCUT2D eigenvalue weighted by Crippen LogP contribution is 2.09. The molecule has 0 amide bonds. The quantitative estimate of drug-likeness (QED) is 0.431. The van der Waals surface area contributed by atoms with Crippen molar-refractivity contribution in [1.29, 1.82) is 0 Å². The molecule has 0 rings (SSSR count). The summed E-state index contributed by atoms with van der Waals surface area (Å²) in [7, 11) is 0. The van der Waals surface area contributed by atoms with Crippen molar-refractivity contribution in [3.05, 3.63) is 0 Å². The predicted molar refractivity (Wildman–Crippen MR) is 57.7 cm³/mol. The van der Waals surface area contributed by atoms with E-state index in [9.17, 15) is 0 Å². The van der Waals surface area contributed by atoms with Crippen LogP contribution in [0, 0.1) is 0 Å². The van der Waals surface area contributed by atoms with Gasteiger partial charge in [0.25, 0.3) is 0 Å². The number of rotatable bonds is 9. The Balaban J connectivity index is 2.73. The molecule has 0 aromatic carbocycles. The van der Waals surface area contributed by atoms with Crippen LogP contribution in [-0.4, -0.2) is 10.3 Å². The van der Waals surface area contributed by atoms with E-state index in [1.165, 1.54) is 51.4 Å².